The Labute approximate surface area is 143 Å². The molecule has 0 atom stereocenters. The molecule has 0 heterocycles. The van der Waals surface area contributed by atoms with Crippen molar-refractivity contribution in [2.75, 3.05) is 12.9 Å². The number of ether oxygens (including phenoxy) is 1. The van der Waals surface area contributed by atoms with Gasteiger partial charge in [0.25, 0.3) is 11.8 Å². The van der Waals surface area contributed by atoms with Crippen LogP contribution in [-0.4, -0.2) is 24.7 Å². The molecule has 24 heavy (non-hydrogen) atoms. The van der Waals surface area contributed by atoms with Crippen LogP contribution >= 0.6 is 11.8 Å². The zero-order valence-electron chi connectivity index (χ0n) is 12.9. The quantitative estimate of drug-likeness (QED) is 0.642. The predicted molar refractivity (Wildman–Crippen MR) is 90.5 cm³/mol. The van der Waals surface area contributed by atoms with Crippen molar-refractivity contribution in [1.29, 1.82) is 5.26 Å². The van der Waals surface area contributed by atoms with Crippen molar-refractivity contribution < 1.29 is 14.3 Å². The maximum atomic E-state index is 11.9. The van der Waals surface area contributed by atoms with Crippen LogP contribution < -0.4 is 15.6 Å². The fourth-order valence-corrected chi connectivity index (χ4v) is 2.16. The molecule has 0 saturated heterocycles. The van der Waals surface area contributed by atoms with Crippen molar-refractivity contribution in [3.63, 3.8) is 0 Å². The van der Waals surface area contributed by atoms with Gasteiger partial charge in [-0.15, -0.1) is 11.8 Å². The maximum Gasteiger partial charge on any atom is 0.276 e. The molecule has 2 amide bonds. The molecule has 7 heteroatoms. The first-order valence-electron chi connectivity index (χ1n) is 6.98. The Balaban J connectivity index is 1.77. The van der Waals surface area contributed by atoms with E-state index in [1.807, 2.05) is 24.5 Å². The number of carbonyl (C=O) groups excluding carboxylic acids is 2. The summed E-state index contributed by atoms with van der Waals surface area (Å²) >= 11 is 1.58. The number of hydrogen-bond donors (Lipinski definition) is 2. The Morgan fingerprint density at radius 3 is 2.33 bits per heavy atom. The summed E-state index contributed by atoms with van der Waals surface area (Å²) in [5.41, 5.74) is 5.56. The molecule has 0 aliphatic rings. The minimum atomic E-state index is -0.492. The Hall–Kier alpha value is -2.98. The molecule has 0 fully saturated rings. The highest BCUT2D eigenvalue weighted by molar-refractivity contribution is 7.98. The standard InChI is InChI=1S/C17H15N3O3S/c1-24-15-8-4-13(5-9-15)17(22)20-19-16(21)11-23-14-6-2-12(10-18)3-7-14/h2-9H,11H2,1H3,(H,19,21)(H,20,22). The summed E-state index contributed by atoms with van der Waals surface area (Å²) in [4.78, 5) is 24.6. The van der Waals surface area contributed by atoms with Gasteiger partial charge in [0, 0.05) is 10.5 Å². The van der Waals surface area contributed by atoms with E-state index in [4.69, 9.17) is 10.00 Å². The third kappa shape index (κ3) is 5.04. The summed E-state index contributed by atoms with van der Waals surface area (Å²) in [7, 11) is 0. The number of rotatable bonds is 5. The molecule has 0 spiro atoms. The molecule has 0 aromatic heterocycles. The number of thioether (sulfide) groups is 1. The molecule has 0 unspecified atom stereocenters. The molecule has 0 aliphatic heterocycles. The zero-order chi connectivity index (χ0) is 17.4. The van der Waals surface area contributed by atoms with Gasteiger partial charge < -0.3 is 4.74 Å². The minimum Gasteiger partial charge on any atom is -0.484 e. The lowest BCUT2D eigenvalue weighted by Gasteiger charge is -2.09. The first-order chi connectivity index (χ1) is 11.6. The van der Waals surface area contributed by atoms with E-state index in [9.17, 15) is 9.59 Å². The van der Waals surface area contributed by atoms with Gasteiger partial charge in [0.05, 0.1) is 11.6 Å². The number of hydrogen-bond acceptors (Lipinski definition) is 5. The van der Waals surface area contributed by atoms with Crippen LogP contribution in [0.5, 0.6) is 5.75 Å². The van der Waals surface area contributed by atoms with Crippen LogP contribution in [0.2, 0.25) is 0 Å². The summed E-state index contributed by atoms with van der Waals surface area (Å²) in [6.45, 7) is -0.252. The average molecular weight is 341 g/mol. The molecule has 6 nitrogen and oxygen atoms in total. The van der Waals surface area contributed by atoms with Crippen LogP contribution in [0, 0.1) is 11.3 Å². The number of amides is 2. The summed E-state index contributed by atoms with van der Waals surface area (Å²) < 4.78 is 5.26. The lowest BCUT2D eigenvalue weighted by Crippen LogP contribution is -2.43. The van der Waals surface area contributed by atoms with E-state index >= 15 is 0 Å². The SMILES string of the molecule is CSc1ccc(C(=O)NNC(=O)COc2ccc(C#N)cc2)cc1. The summed E-state index contributed by atoms with van der Waals surface area (Å²) in [6, 6.07) is 15.4. The molecule has 0 bridgehead atoms. The Bertz CT molecular complexity index is 752. The van der Waals surface area contributed by atoms with E-state index in [1.165, 1.54) is 0 Å². The van der Waals surface area contributed by atoms with Gasteiger partial charge in [-0.25, -0.2) is 0 Å². The van der Waals surface area contributed by atoms with Crippen molar-refractivity contribution >= 4 is 23.6 Å². The maximum absolute atomic E-state index is 11.9. The van der Waals surface area contributed by atoms with Crippen LogP contribution in [0.1, 0.15) is 15.9 Å². The van der Waals surface area contributed by atoms with Crippen molar-refractivity contribution in [2.24, 2.45) is 0 Å². The minimum absolute atomic E-state index is 0.252. The summed E-state index contributed by atoms with van der Waals surface area (Å²) in [6.07, 6.45) is 1.95. The van der Waals surface area contributed by atoms with Crippen molar-refractivity contribution in [3.8, 4) is 11.8 Å². The Morgan fingerprint density at radius 1 is 1.08 bits per heavy atom. The van der Waals surface area contributed by atoms with Crippen LogP contribution in [0.4, 0.5) is 0 Å². The number of carbonyl (C=O) groups is 2. The molecule has 2 rings (SSSR count). The van der Waals surface area contributed by atoms with Gasteiger partial charge in [0.2, 0.25) is 0 Å². The van der Waals surface area contributed by atoms with Crippen LogP contribution in [-0.2, 0) is 4.79 Å². The van der Waals surface area contributed by atoms with Gasteiger partial charge >= 0.3 is 0 Å². The van der Waals surface area contributed by atoms with Gasteiger partial charge in [-0.05, 0) is 54.8 Å². The third-order valence-electron chi connectivity index (χ3n) is 3.02. The number of nitrogens with one attached hydrogen (secondary N) is 2. The number of hydrazine groups is 1. The van der Waals surface area contributed by atoms with E-state index in [1.54, 1.807) is 48.2 Å². The van der Waals surface area contributed by atoms with E-state index in [0.717, 1.165) is 4.90 Å². The van der Waals surface area contributed by atoms with Crippen LogP contribution in [0.3, 0.4) is 0 Å². The Morgan fingerprint density at radius 2 is 1.75 bits per heavy atom. The first kappa shape index (κ1) is 17.4. The predicted octanol–water partition coefficient (Wildman–Crippen LogP) is 2.12. The second kappa shape index (κ2) is 8.60. The molecule has 0 saturated carbocycles. The molecular weight excluding hydrogens is 326 g/mol. The third-order valence-corrected chi connectivity index (χ3v) is 3.76. The highest BCUT2D eigenvalue weighted by Gasteiger charge is 2.08. The van der Waals surface area contributed by atoms with Crippen LogP contribution in [0.15, 0.2) is 53.4 Å². The van der Waals surface area contributed by atoms with Gasteiger partial charge in [-0.1, -0.05) is 0 Å². The fourth-order valence-electron chi connectivity index (χ4n) is 1.75. The molecule has 0 radical (unpaired) electrons. The molecule has 0 aliphatic carbocycles. The molecule has 2 N–H and O–H groups in total. The van der Waals surface area contributed by atoms with Crippen molar-refractivity contribution in [2.45, 2.75) is 4.90 Å². The number of nitriles is 1. The van der Waals surface area contributed by atoms with Crippen LogP contribution in [0.25, 0.3) is 0 Å². The largest absolute Gasteiger partial charge is 0.484 e. The van der Waals surface area contributed by atoms with Gasteiger partial charge in [0.15, 0.2) is 6.61 Å². The lowest BCUT2D eigenvalue weighted by molar-refractivity contribution is -0.123. The second-order valence-corrected chi connectivity index (χ2v) is 5.54. The smallest absolute Gasteiger partial charge is 0.276 e. The highest BCUT2D eigenvalue weighted by atomic mass is 32.2. The summed E-state index contributed by atoms with van der Waals surface area (Å²) in [5, 5.41) is 8.70. The number of benzene rings is 2. The lowest BCUT2D eigenvalue weighted by atomic mass is 10.2. The van der Waals surface area contributed by atoms with Crippen molar-refractivity contribution in [3.05, 3.63) is 59.7 Å². The molecular formula is C17H15N3O3S. The summed E-state index contributed by atoms with van der Waals surface area (Å²) in [5.74, 6) is -0.439. The van der Waals surface area contributed by atoms with E-state index < -0.39 is 11.8 Å². The fraction of sp³-hybridized carbons (Fsp3) is 0.118. The van der Waals surface area contributed by atoms with Crippen molar-refractivity contribution in [1.82, 2.24) is 10.9 Å². The van der Waals surface area contributed by atoms with Gasteiger partial charge in [0.1, 0.15) is 5.75 Å². The molecule has 2 aromatic rings. The number of nitrogens with zero attached hydrogens (tertiary/aromatic N) is 1. The monoisotopic (exact) mass is 341 g/mol. The second-order valence-electron chi connectivity index (χ2n) is 4.66. The normalized spacial score (nSPS) is 9.67. The highest BCUT2D eigenvalue weighted by Crippen LogP contribution is 2.14. The zero-order valence-corrected chi connectivity index (χ0v) is 13.7. The first-order valence-corrected chi connectivity index (χ1v) is 8.21. The van der Waals surface area contributed by atoms with E-state index in [-0.39, 0.29) is 6.61 Å². The van der Waals surface area contributed by atoms with E-state index in [2.05, 4.69) is 10.9 Å². The Kier molecular flexibility index (Phi) is 6.23. The molecule has 122 valence electrons. The van der Waals surface area contributed by atoms with E-state index in [0.29, 0.717) is 16.9 Å². The average Bonchev–Trinajstić information content (AvgIpc) is 2.64. The van der Waals surface area contributed by atoms with Gasteiger partial charge in [-0.2, -0.15) is 5.26 Å². The van der Waals surface area contributed by atoms with Gasteiger partial charge in [-0.3, -0.25) is 20.4 Å². The topological polar surface area (TPSA) is 91.2 Å². The molecule has 2 aromatic carbocycles.